The van der Waals surface area contributed by atoms with Crippen molar-refractivity contribution in [1.29, 1.82) is 0 Å². The fourth-order valence-corrected chi connectivity index (χ4v) is 5.43. The first-order valence-electron chi connectivity index (χ1n) is 7.30. The molecule has 2 nitrogen and oxygen atoms in total. The molecule has 0 amide bonds. The number of fused-ring (bicyclic) bond motifs is 7. The van der Waals surface area contributed by atoms with Gasteiger partial charge in [0.2, 0.25) is 0 Å². The Kier molecular flexibility index (Phi) is 2.10. The van der Waals surface area contributed by atoms with Crippen LogP contribution in [0.5, 0.6) is 0 Å². The van der Waals surface area contributed by atoms with Gasteiger partial charge >= 0.3 is 0 Å². The van der Waals surface area contributed by atoms with E-state index in [-0.39, 0.29) is 11.7 Å². The maximum absolute atomic E-state index is 12.7. The molecule has 4 rings (SSSR count). The van der Waals surface area contributed by atoms with Gasteiger partial charge in [-0.3, -0.25) is 4.79 Å². The molecule has 0 aromatic rings. The highest BCUT2D eigenvalue weighted by atomic mass is 16.3. The first-order valence-corrected chi connectivity index (χ1v) is 7.30. The second-order valence-electron chi connectivity index (χ2n) is 6.62. The van der Waals surface area contributed by atoms with Crippen molar-refractivity contribution in [3.63, 3.8) is 0 Å². The summed E-state index contributed by atoms with van der Waals surface area (Å²) in [6, 6.07) is 0. The van der Waals surface area contributed by atoms with Gasteiger partial charge in [-0.15, -0.1) is 0 Å². The molecular weight excluding hydrogens is 224 g/mol. The highest BCUT2D eigenvalue weighted by Gasteiger charge is 2.58. The zero-order chi connectivity index (χ0) is 12.4. The Morgan fingerprint density at radius 1 is 1.28 bits per heavy atom. The number of hydrogen-bond acceptors (Lipinski definition) is 2. The summed E-state index contributed by atoms with van der Waals surface area (Å²) in [4.78, 5) is 12.7. The molecule has 4 aliphatic carbocycles. The van der Waals surface area contributed by atoms with Gasteiger partial charge in [-0.05, 0) is 55.8 Å². The van der Waals surface area contributed by atoms with Gasteiger partial charge < -0.3 is 5.11 Å². The summed E-state index contributed by atoms with van der Waals surface area (Å²) >= 11 is 0. The highest BCUT2D eigenvalue weighted by molar-refractivity contribution is 6.00. The van der Waals surface area contributed by atoms with E-state index >= 15 is 0 Å². The normalized spacial score (nSPS) is 51.5. The maximum Gasteiger partial charge on any atom is 0.166 e. The third-order valence-corrected chi connectivity index (χ3v) is 5.91. The number of allylic oxidation sites excluding steroid dienone is 4. The molecular formula is C16H20O2. The minimum Gasteiger partial charge on any atom is -0.512 e. The summed E-state index contributed by atoms with van der Waals surface area (Å²) in [5.41, 5.74) is 0.791. The van der Waals surface area contributed by atoms with Crippen LogP contribution in [0, 0.1) is 35.5 Å². The zero-order valence-corrected chi connectivity index (χ0v) is 10.8. The van der Waals surface area contributed by atoms with Gasteiger partial charge in [0.05, 0.1) is 5.76 Å². The summed E-state index contributed by atoms with van der Waals surface area (Å²) < 4.78 is 0. The summed E-state index contributed by atoms with van der Waals surface area (Å²) in [6.07, 6.45) is 9.38. The molecule has 0 aliphatic heterocycles. The van der Waals surface area contributed by atoms with Crippen molar-refractivity contribution in [3.05, 3.63) is 23.5 Å². The first-order chi connectivity index (χ1) is 8.68. The Morgan fingerprint density at radius 3 is 2.83 bits per heavy atom. The molecule has 1 N–H and O–H groups in total. The zero-order valence-electron chi connectivity index (χ0n) is 10.8. The van der Waals surface area contributed by atoms with Crippen LogP contribution in [0.25, 0.3) is 0 Å². The van der Waals surface area contributed by atoms with Crippen molar-refractivity contribution >= 4 is 5.78 Å². The Bertz CT molecular complexity index is 469. The van der Waals surface area contributed by atoms with E-state index in [0.29, 0.717) is 35.3 Å². The Morgan fingerprint density at radius 2 is 2.06 bits per heavy atom. The molecule has 0 saturated heterocycles. The highest BCUT2D eigenvalue weighted by Crippen LogP contribution is 2.61. The van der Waals surface area contributed by atoms with E-state index in [1.54, 1.807) is 6.92 Å². The quantitative estimate of drug-likeness (QED) is 0.403. The molecule has 2 bridgehead atoms. The molecule has 18 heavy (non-hydrogen) atoms. The minimum absolute atomic E-state index is 0.191. The molecule has 4 aliphatic rings. The summed E-state index contributed by atoms with van der Waals surface area (Å²) in [7, 11) is 0. The topological polar surface area (TPSA) is 37.3 Å². The maximum atomic E-state index is 12.7. The number of Topliss-reactive ketones (excluding diaryl/α,β-unsaturated/α-hetero) is 1. The lowest BCUT2D eigenvalue weighted by atomic mass is 9.61. The van der Waals surface area contributed by atoms with Crippen molar-refractivity contribution in [2.75, 3.05) is 0 Å². The molecule has 0 aromatic carbocycles. The monoisotopic (exact) mass is 244 g/mol. The van der Waals surface area contributed by atoms with E-state index in [2.05, 4.69) is 12.2 Å². The molecule has 0 unspecified atom stereocenters. The third kappa shape index (κ3) is 1.17. The van der Waals surface area contributed by atoms with Gasteiger partial charge in [0, 0.05) is 11.5 Å². The SMILES string of the molecule is C/C(O)=C1/C(=O)[C@H]2[C@@H]([C@@H]3CCC[C@@H]13)[C@H]1C=C[C@@H]2C1. The average Bonchev–Trinajstić information content (AvgIpc) is 3.02. The first kappa shape index (κ1) is 10.8. The van der Waals surface area contributed by atoms with Gasteiger partial charge in [0.1, 0.15) is 0 Å². The van der Waals surface area contributed by atoms with Gasteiger partial charge in [-0.2, -0.15) is 0 Å². The Labute approximate surface area is 108 Å². The number of rotatable bonds is 0. The molecule has 0 aromatic heterocycles. The van der Waals surface area contributed by atoms with Crippen LogP contribution < -0.4 is 0 Å². The number of hydrogen-bond donors (Lipinski definition) is 1. The van der Waals surface area contributed by atoms with Crippen LogP contribution in [0.2, 0.25) is 0 Å². The lowest BCUT2D eigenvalue weighted by Gasteiger charge is -2.41. The Hall–Kier alpha value is -1.05. The van der Waals surface area contributed by atoms with Crippen LogP contribution in [-0.2, 0) is 4.79 Å². The average molecular weight is 244 g/mol. The number of ketones is 1. The van der Waals surface area contributed by atoms with Crippen molar-refractivity contribution in [3.8, 4) is 0 Å². The van der Waals surface area contributed by atoms with Gasteiger partial charge in [-0.1, -0.05) is 18.6 Å². The summed E-state index contributed by atoms with van der Waals surface area (Å²) in [5, 5.41) is 9.93. The second kappa shape index (κ2) is 3.49. The number of carbonyl (C=O) groups excluding carboxylic acids is 1. The molecule has 2 heteroatoms. The van der Waals surface area contributed by atoms with Crippen molar-refractivity contribution in [1.82, 2.24) is 0 Å². The minimum atomic E-state index is 0.191. The molecule has 0 spiro atoms. The molecule has 3 fully saturated rings. The summed E-state index contributed by atoms with van der Waals surface area (Å²) in [5.74, 6) is 3.47. The lowest BCUT2D eigenvalue weighted by molar-refractivity contribution is -0.125. The van der Waals surface area contributed by atoms with Crippen molar-refractivity contribution in [2.24, 2.45) is 35.5 Å². The van der Waals surface area contributed by atoms with Gasteiger partial charge in [-0.25, -0.2) is 0 Å². The number of carbonyl (C=O) groups is 1. The third-order valence-electron chi connectivity index (χ3n) is 5.91. The van der Waals surface area contributed by atoms with Crippen LogP contribution in [0.1, 0.15) is 32.6 Å². The molecule has 0 heterocycles. The van der Waals surface area contributed by atoms with Crippen LogP contribution >= 0.6 is 0 Å². The van der Waals surface area contributed by atoms with E-state index in [1.165, 1.54) is 19.3 Å². The number of aliphatic hydroxyl groups is 1. The predicted molar refractivity (Wildman–Crippen MR) is 68.9 cm³/mol. The second-order valence-corrected chi connectivity index (χ2v) is 6.62. The fourth-order valence-electron chi connectivity index (χ4n) is 5.43. The molecule has 6 atom stereocenters. The van der Waals surface area contributed by atoms with E-state index in [0.717, 1.165) is 12.0 Å². The largest absolute Gasteiger partial charge is 0.512 e. The molecule has 3 saturated carbocycles. The van der Waals surface area contributed by atoms with Crippen LogP contribution in [0.15, 0.2) is 23.5 Å². The van der Waals surface area contributed by atoms with Crippen LogP contribution in [0.3, 0.4) is 0 Å². The fraction of sp³-hybridized carbons (Fsp3) is 0.688. The van der Waals surface area contributed by atoms with Gasteiger partial charge in [0.15, 0.2) is 5.78 Å². The van der Waals surface area contributed by atoms with Crippen molar-refractivity contribution < 1.29 is 9.90 Å². The summed E-state index contributed by atoms with van der Waals surface area (Å²) in [6.45, 7) is 1.70. The lowest BCUT2D eigenvalue weighted by Crippen LogP contribution is -2.42. The van der Waals surface area contributed by atoms with Crippen LogP contribution in [-0.4, -0.2) is 10.9 Å². The number of aliphatic hydroxyl groups excluding tert-OH is 1. The standard InChI is InChI=1S/C16H20O2/c1-8(17)13-11-3-2-4-12(11)14-9-5-6-10(7-9)15(14)16(13)18/h5-6,9-12,14-15,17H,2-4,7H2,1H3/b13-8-/t9-,10+,11+,12+,14+,15+/m0/s1. The van der Waals surface area contributed by atoms with Crippen LogP contribution in [0.4, 0.5) is 0 Å². The Balaban J connectivity index is 1.83. The smallest absolute Gasteiger partial charge is 0.166 e. The van der Waals surface area contributed by atoms with E-state index < -0.39 is 0 Å². The van der Waals surface area contributed by atoms with E-state index in [9.17, 15) is 9.90 Å². The van der Waals surface area contributed by atoms with Gasteiger partial charge in [0.25, 0.3) is 0 Å². The van der Waals surface area contributed by atoms with Crippen molar-refractivity contribution in [2.45, 2.75) is 32.6 Å². The predicted octanol–water partition coefficient (Wildman–Crippen LogP) is 3.26. The molecule has 0 radical (unpaired) electrons. The molecule has 96 valence electrons. The van der Waals surface area contributed by atoms with E-state index in [1.807, 2.05) is 0 Å². The van der Waals surface area contributed by atoms with E-state index in [4.69, 9.17) is 0 Å².